The molecule has 2 amide bonds. The van der Waals surface area contributed by atoms with Gasteiger partial charge in [-0.2, -0.15) is 0 Å². The molecule has 0 aromatic carbocycles. The van der Waals surface area contributed by atoms with Crippen molar-refractivity contribution in [3.8, 4) is 0 Å². The first-order valence-electron chi connectivity index (χ1n) is 7.27. The molecule has 0 saturated carbocycles. The van der Waals surface area contributed by atoms with Crippen LogP contribution in [0.1, 0.15) is 54.4 Å². The van der Waals surface area contributed by atoms with Gasteiger partial charge in [-0.3, -0.25) is 4.79 Å². The van der Waals surface area contributed by atoms with Gasteiger partial charge in [-0.15, -0.1) is 0 Å². The molecule has 0 bridgehead atoms. The van der Waals surface area contributed by atoms with Crippen LogP contribution in [0.4, 0.5) is 4.79 Å². The maximum Gasteiger partial charge on any atom is 0.408 e. The molecule has 0 saturated heterocycles. The number of rotatable bonds is 5. The van der Waals surface area contributed by atoms with Gasteiger partial charge < -0.3 is 20.1 Å². The third-order valence-electron chi connectivity index (χ3n) is 2.32. The van der Waals surface area contributed by atoms with E-state index in [0.717, 1.165) is 0 Å². The molecule has 2 N–H and O–H groups in total. The summed E-state index contributed by atoms with van der Waals surface area (Å²) >= 11 is 0. The lowest BCUT2D eigenvalue weighted by molar-refractivity contribution is -0.157. The van der Waals surface area contributed by atoms with E-state index in [0.29, 0.717) is 0 Å². The second-order valence-electron chi connectivity index (χ2n) is 6.94. The number of amides is 2. The average molecular weight is 316 g/mol. The molecule has 0 aliphatic rings. The molecular formula is C15H28N2O5. The van der Waals surface area contributed by atoms with Gasteiger partial charge in [0.25, 0.3) is 0 Å². The Morgan fingerprint density at radius 3 is 1.86 bits per heavy atom. The minimum atomic E-state index is -0.939. The molecule has 1 atom stereocenters. The van der Waals surface area contributed by atoms with Gasteiger partial charge in [0.05, 0.1) is 0 Å². The second kappa shape index (κ2) is 8.00. The van der Waals surface area contributed by atoms with Gasteiger partial charge in [0, 0.05) is 13.5 Å². The van der Waals surface area contributed by atoms with Gasteiger partial charge in [-0.1, -0.05) is 0 Å². The Kier molecular flexibility index (Phi) is 7.35. The fourth-order valence-electron chi connectivity index (χ4n) is 1.47. The van der Waals surface area contributed by atoms with Crippen molar-refractivity contribution in [1.29, 1.82) is 0 Å². The molecule has 0 aromatic heterocycles. The minimum absolute atomic E-state index is 0.0935. The summed E-state index contributed by atoms with van der Waals surface area (Å²) in [5, 5.41) is 4.92. The normalized spacial score (nSPS) is 13.0. The predicted molar refractivity (Wildman–Crippen MR) is 82.3 cm³/mol. The van der Waals surface area contributed by atoms with E-state index < -0.39 is 29.3 Å². The SMILES string of the molecule is CNC(=O)CC[C@H](NC(=O)OC(C)(C)C)C(=O)OC(C)(C)C. The van der Waals surface area contributed by atoms with E-state index in [2.05, 4.69) is 10.6 Å². The number of hydrogen-bond acceptors (Lipinski definition) is 5. The highest BCUT2D eigenvalue weighted by Crippen LogP contribution is 2.12. The van der Waals surface area contributed by atoms with Gasteiger partial charge in [-0.25, -0.2) is 9.59 Å². The molecule has 0 aromatic rings. The lowest BCUT2D eigenvalue weighted by Crippen LogP contribution is -2.46. The van der Waals surface area contributed by atoms with Gasteiger partial charge in [0.2, 0.25) is 5.91 Å². The highest BCUT2D eigenvalue weighted by molar-refractivity contribution is 5.83. The van der Waals surface area contributed by atoms with E-state index in [-0.39, 0.29) is 18.7 Å². The third kappa shape index (κ3) is 10.0. The van der Waals surface area contributed by atoms with Gasteiger partial charge >= 0.3 is 12.1 Å². The van der Waals surface area contributed by atoms with Crippen LogP contribution in [0.15, 0.2) is 0 Å². The topological polar surface area (TPSA) is 93.7 Å². The first-order chi connectivity index (χ1) is 9.84. The van der Waals surface area contributed by atoms with Crippen molar-refractivity contribution in [2.45, 2.75) is 71.6 Å². The summed E-state index contributed by atoms with van der Waals surface area (Å²) in [5.41, 5.74) is -1.36. The Bertz CT molecular complexity index is 407. The monoisotopic (exact) mass is 316 g/mol. The lowest BCUT2D eigenvalue weighted by Gasteiger charge is -2.26. The maximum atomic E-state index is 12.1. The number of carbonyl (C=O) groups excluding carboxylic acids is 3. The van der Waals surface area contributed by atoms with Crippen LogP contribution in [0.5, 0.6) is 0 Å². The Hall–Kier alpha value is -1.79. The molecule has 7 heteroatoms. The van der Waals surface area contributed by atoms with Gasteiger partial charge in [-0.05, 0) is 48.0 Å². The molecule has 22 heavy (non-hydrogen) atoms. The number of carbonyl (C=O) groups is 3. The Balaban J connectivity index is 4.81. The van der Waals surface area contributed by atoms with Crippen LogP contribution < -0.4 is 10.6 Å². The molecule has 0 radical (unpaired) electrons. The standard InChI is InChI=1S/C15H28N2O5/c1-14(2,3)21-12(19)10(8-9-11(18)16-7)17-13(20)22-15(4,5)6/h10H,8-9H2,1-7H3,(H,16,18)(H,17,20)/t10-/m0/s1. The third-order valence-corrected chi connectivity index (χ3v) is 2.32. The summed E-state index contributed by atoms with van der Waals surface area (Å²) in [6, 6.07) is -0.939. The average Bonchev–Trinajstić information content (AvgIpc) is 2.29. The first-order valence-corrected chi connectivity index (χ1v) is 7.27. The molecule has 0 unspecified atom stereocenters. The van der Waals surface area contributed by atoms with Crippen LogP contribution in [0.2, 0.25) is 0 Å². The van der Waals surface area contributed by atoms with Crippen LogP contribution in [-0.4, -0.2) is 42.3 Å². The summed E-state index contributed by atoms with van der Waals surface area (Å²) in [4.78, 5) is 35.3. The fourth-order valence-corrected chi connectivity index (χ4v) is 1.47. The maximum absolute atomic E-state index is 12.1. The summed E-state index contributed by atoms with van der Waals surface area (Å²) < 4.78 is 10.4. The quantitative estimate of drug-likeness (QED) is 0.754. The lowest BCUT2D eigenvalue weighted by atomic mass is 10.1. The largest absolute Gasteiger partial charge is 0.458 e. The zero-order chi connectivity index (χ0) is 17.6. The molecule has 0 rings (SSSR count). The van der Waals surface area contributed by atoms with Crippen LogP contribution in [0, 0.1) is 0 Å². The van der Waals surface area contributed by atoms with Gasteiger partial charge in [0.15, 0.2) is 0 Å². The van der Waals surface area contributed by atoms with E-state index in [1.807, 2.05) is 0 Å². The van der Waals surface area contributed by atoms with E-state index >= 15 is 0 Å². The van der Waals surface area contributed by atoms with Crippen molar-refractivity contribution < 1.29 is 23.9 Å². The summed E-state index contributed by atoms with van der Waals surface area (Å²) in [5.74, 6) is -0.818. The van der Waals surface area contributed by atoms with Crippen molar-refractivity contribution in [3.63, 3.8) is 0 Å². The zero-order valence-electron chi connectivity index (χ0n) is 14.5. The Morgan fingerprint density at radius 2 is 1.45 bits per heavy atom. The minimum Gasteiger partial charge on any atom is -0.458 e. The summed E-state index contributed by atoms with van der Waals surface area (Å²) in [6.07, 6.45) is -0.496. The van der Waals surface area contributed by atoms with Gasteiger partial charge in [0.1, 0.15) is 17.2 Å². The van der Waals surface area contributed by atoms with Crippen molar-refractivity contribution in [2.75, 3.05) is 7.05 Å². The van der Waals surface area contributed by atoms with Crippen molar-refractivity contribution in [3.05, 3.63) is 0 Å². The van der Waals surface area contributed by atoms with Crippen LogP contribution in [-0.2, 0) is 19.1 Å². The highest BCUT2D eigenvalue weighted by Gasteiger charge is 2.28. The number of alkyl carbamates (subject to hydrolysis) is 1. The number of nitrogens with one attached hydrogen (secondary N) is 2. The molecule has 0 spiro atoms. The van der Waals surface area contributed by atoms with Crippen molar-refractivity contribution >= 4 is 18.0 Å². The smallest absolute Gasteiger partial charge is 0.408 e. The number of hydrogen-bond donors (Lipinski definition) is 2. The molecule has 128 valence electrons. The Labute approximate surface area is 132 Å². The molecule has 0 aliphatic heterocycles. The van der Waals surface area contributed by atoms with Crippen LogP contribution in [0.25, 0.3) is 0 Å². The van der Waals surface area contributed by atoms with E-state index in [9.17, 15) is 14.4 Å². The number of ether oxygens (including phenoxy) is 2. The van der Waals surface area contributed by atoms with E-state index in [1.165, 1.54) is 7.05 Å². The zero-order valence-corrected chi connectivity index (χ0v) is 14.5. The molecule has 0 aliphatic carbocycles. The Morgan fingerprint density at radius 1 is 0.955 bits per heavy atom. The van der Waals surface area contributed by atoms with Crippen LogP contribution in [0.3, 0.4) is 0 Å². The second-order valence-corrected chi connectivity index (χ2v) is 6.94. The highest BCUT2D eigenvalue weighted by atomic mass is 16.6. The van der Waals surface area contributed by atoms with Crippen LogP contribution >= 0.6 is 0 Å². The van der Waals surface area contributed by atoms with Crippen molar-refractivity contribution in [2.24, 2.45) is 0 Å². The molecular weight excluding hydrogens is 288 g/mol. The predicted octanol–water partition coefficient (Wildman–Crippen LogP) is 1.75. The van der Waals surface area contributed by atoms with Crippen molar-refractivity contribution in [1.82, 2.24) is 10.6 Å². The molecule has 7 nitrogen and oxygen atoms in total. The summed E-state index contributed by atoms with van der Waals surface area (Å²) in [7, 11) is 1.51. The van der Waals surface area contributed by atoms with E-state index in [4.69, 9.17) is 9.47 Å². The molecule has 0 heterocycles. The first kappa shape index (κ1) is 20.2. The fraction of sp³-hybridized carbons (Fsp3) is 0.800. The number of esters is 1. The van der Waals surface area contributed by atoms with E-state index in [1.54, 1.807) is 41.5 Å². The summed E-state index contributed by atoms with van der Waals surface area (Å²) in [6.45, 7) is 10.4. The molecule has 0 fully saturated rings.